The lowest BCUT2D eigenvalue weighted by atomic mass is 9.73. The fourth-order valence-corrected chi connectivity index (χ4v) is 4.28. The molecule has 2 aliphatic heterocycles. The molecule has 1 aromatic rings. The summed E-state index contributed by atoms with van der Waals surface area (Å²) in [5, 5.41) is 0. The minimum atomic E-state index is -0.379. The van der Waals surface area contributed by atoms with Crippen molar-refractivity contribution in [2.24, 2.45) is 5.41 Å². The van der Waals surface area contributed by atoms with Crippen LogP contribution < -0.4 is 5.56 Å². The highest BCUT2D eigenvalue weighted by Crippen LogP contribution is 2.42. The number of hydrogen-bond acceptors (Lipinski definition) is 4. The summed E-state index contributed by atoms with van der Waals surface area (Å²) in [6, 6.07) is 0.417. The van der Waals surface area contributed by atoms with Gasteiger partial charge < -0.3 is 14.8 Å². The van der Waals surface area contributed by atoms with E-state index in [1.54, 1.807) is 11.8 Å². The standard InChI is InChI=1S/C18H24N4O3/c1-12-19-9-14(16(24)20-12)17(25)21-8-2-6-18(10-21)7-5-15(23)22(11-18)13-3-4-13/h9,13H,2-8,10-11H2,1H3,(H,19,20,24)/t18-/m0/s1. The molecule has 3 aliphatic rings. The summed E-state index contributed by atoms with van der Waals surface area (Å²) < 4.78 is 0. The Morgan fingerprint density at radius 1 is 1.28 bits per heavy atom. The molecule has 1 aromatic heterocycles. The third kappa shape index (κ3) is 3.07. The van der Waals surface area contributed by atoms with Crippen LogP contribution in [0.1, 0.15) is 54.7 Å². The van der Waals surface area contributed by atoms with E-state index in [-0.39, 0.29) is 28.4 Å². The minimum Gasteiger partial charge on any atom is -0.339 e. The zero-order chi connectivity index (χ0) is 17.6. The number of hydrogen-bond donors (Lipinski definition) is 1. The first kappa shape index (κ1) is 16.3. The van der Waals surface area contributed by atoms with Crippen LogP contribution in [-0.2, 0) is 4.79 Å². The zero-order valence-electron chi connectivity index (χ0n) is 14.6. The molecule has 1 saturated carbocycles. The van der Waals surface area contributed by atoms with Gasteiger partial charge in [0, 0.05) is 43.7 Å². The van der Waals surface area contributed by atoms with Crippen LogP contribution in [0.15, 0.2) is 11.0 Å². The molecule has 1 spiro atoms. The SMILES string of the molecule is Cc1ncc(C(=O)N2CCC[C@]3(CCC(=O)N(C4CC4)C3)C2)c(=O)[nH]1. The largest absolute Gasteiger partial charge is 0.339 e. The molecule has 1 atom stereocenters. The molecule has 0 aromatic carbocycles. The molecule has 25 heavy (non-hydrogen) atoms. The quantitative estimate of drug-likeness (QED) is 0.870. The van der Waals surface area contributed by atoms with Gasteiger partial charge in [0.25, 0.3) is 11.5 Å². The van der Waals surface area contributed by atoms with Gasteiger partial charge in [0.15, 0.2) is 0 Å². The minimum absolute atomic E-state index is 0.0186. The predicted octanol–water partition coefficient (Wildman–Crippen LogP) is 1.09. The van der Waals surface area contributed by atoms with Crippen LogP contribution in [0.25, 0.3) is 0 Å². The van der Waals surface area contributed by atoms with Crippen LogP contribution in [0, 0.1) is 12.3 Å². The lowest BCUT2D eigenvalue weighted by Crippen LogP contribution is -2.55. The summed E-state index contributed by atoms with van der Waals surface area (Å²) in [7, 11) is 0. The summed E-state index contributed by atoms with van der Waals surface area (Å²) in [6.07, 6.45) is 6.94. The summed E-state index contributed by atoms with van der Waals surface area (Å²) in [5.74, 6) is 0.515. The number of H-pyrrole nitrogens is 1. The fraction of sp³-hybridized carbons (Fsp3) is 0.667. The summed E-state index contributed by atoms with van der Waals surface area (Å²) in [4.78, 5) is 47.6. The molecule has 7 nitrogen and oxygen atoms in total. The van der Waals surface area contributed by atoms with Crippen molar-refractivity contribution in [3.8, 4) is 0 Å². The number of nitrogens with zero attached hydrogens (tertiary/aromatic N) is 3. The van der Waals surface area contributed by atoms with E-state index in [2.05, 4.69) is 9.97 Å². The molecule has 1 N–H and O–H groups in total. The molecule has 134 valence electrons. The van der Waals surface area contributed by atoms with E-state index in [9.17, 15) is 14.4 Å². The Bertz CT molecular complexity index is 770. The molecule has 0 unspecified atom stereocenters. The first-order valence-corrected chi connectivity index (χ1v) is 9.12. The number of aromatic nitrogens is 2. The van der Waals surface area contributed by atoms with E-state index in [0.29, 0.717) is 31.4 Å². The number of likely N-dealkylation sites (tertiary alicyclic amines) is 2. The molecule has 2 saturated heterocycles. The van der Waals surface area contributed by atoms with Crippen molar-refractivity contribution in [2.75, 3.05) is 19.6 Å². The summed E-state index contributed by atoms with van der Waals surface area (Å²) in [6.45, 7) is 3.72. The van der Waals surface area contributed by atoms with Gasteiger partial charge in [-0.25, -0.2) is 4.98 Å². The van der Waals surface area contributed by atoms with Crippen LogP contribution in [0.3, 0.4) is 0 Å². The average Bonchev–Trinajstić information content (AvgIpc) is 3.42. The fourth-order valence-electron chi connectivity index (χ4n) is 4.28. The topological polar surface area (TPSA) is 86.4 Å². The number of nitrogens with one attached hydrogen (secondary N) is 1. The second-order valence-electron chi connectivity index (χ2n) is 7.79. The van der Waals surface area contributed by atoms with Crippen molar-refractivity contribution in [1.29, 1.82) is 0 Å². The number of amides is 2. The lowest BCUT2D eigenvalue weighted by molar-refractivity contribution is -0.139. The molecule has 1 aliphatic carbocycles. The molecule has 7 heteroatoms. The highest BCUT2D eigenvalue weighted by atomic mass is 16.2. The molecular formula is C18H24N4O3. The van der Waals surface area contributed by atoms with Crippen molar-refractivity contribution in [1.82, 2.24) is 19.8 Å². The highest BCUT2D eigenvalue weighted by Gasteiger charge is 2.46. The van der Waals surface area contributed by atoms with Crippen molar-refractivity contribution < 1.29 is 9.59 Å². The molecule has 0 bridgehead atoms. The maximum absolute atomic E-state index is 12.8. The number of aryl methyl sites for hydroxylation is 1. The second-order valence-corrected chi connectivity index (χ2v) is 7.79. The number of aromatic amines is 1. The van der Waals surface area contributed by atoms with Gasteiger partial charge in [0.1, 0.15) is 11.4 Å². The number of piperidine rings is 2. The van der Waals surface area contributed by atoms with E-state index >= 15 is 0 Å². The van der Waals surface area contributed by atoms with Gasteiger partial charge >= 0.3 is 0 Å². The van der Waals surface area contributed by atoms with Crippen molar-refractivity contribution in [2.45, 2.75) is 51.5 Å². The van der Waals surface area contributed by atoms with Crippen LogP contribution >= 0.6 is 0 Å². The van der Waals surface area contributed by atoms with Crippen LogP contribution in [0.2, 0.25) is 0 Å². The van der Waals surface area contributed by atoms with Gasteiger partial charge in [-0.2, -0.15) is 0 Å². The Morgan fingerprint density at radius 3 is 2.80 bits per heavy atom. The molecule has 3 fully saturated rings. The van der Waals surface area contributed by atoms with Crippen molar-refractivity contribution >= 4 is 11.8 Å². The molecule has 3 heterocycles. The zero-order valence-corrected chi connectivity index (χ0v) is 14.6. The number of rotatable bonds is 2. The summed E-state index contributed by atoms with van der Waals surface area (Å²) >= 11 is 0. The smallest absolute Gasteiger partial charge is 0.263 e. The van der Waals surface area contributed by atoms with E-state index in [1.807, 2.05) is 4.90 Å². The van der Waals surface area contributed by atoms with Gasteiger partial charge in [-0.3, -0.25) is 14.4 Å². The number of carbonyl (C=O) groups is 2. The van der Waals surface area contributed by atoms with Gasteiger partial charge in [0.2, 0.25) is 5.91 Å². The Kier molecular flexibility index (Phi) is 3.89. The molecule has 4 rings (SSSR count). The molecular weight excluding hydrogens is 320 g/mol. The maximum Gasteiger partial charge on any atom is 0.263 e. The van der Waals surface area contributed by atoms with Gasteiger partial charge in [-0.1, -0.05) is 0 Å². The van der Waals surface area contributed by atoms with E-state index in [1.165, 1.54) is 6.20 Å². The van der Waals surface area contributed by atoms with Crippen molar-refractivity contribution in [3.63, 3.8) is 0 Å². The monoisotopic (exact) mass is 344 g/mol. The third-order valence-electron chi connectivity index (χ3n) is 5.79. The Hall–Kier alpha value is -2.18. The van der Waals surface area contributed by atoms with Crippen LogP contribution in [0.4, 0.5) is 0 Å². The Balaban J connectivity index is 1.53. The average molecular weight is 344 g/mol. The lowest BCUT2D eigenvalue weighted by Gasteiger charge is -2.48. The first-order valence-electron chi connectivity index (χ1n) is 9.12. The van der Waals surface area contributed by atoms with Gasteiger partial charge in [-0.05, 0) is 39.0 Å². The second kappa shape index (κ2) is 5.97. The molecule has 0 radical (unpaired) electrons. The normalized spacial score (nSPS) is 27.0. The van der Waals surface area contributed by atoms with E-state index in [0.717, 1.165) is 38.6 Å². The third-order valence-corrected chi connectivity index (χ3v) is 5.79. The van der Waals surface area contributed by atoms with Gasteiger partial charge in [-0.15, -0.1) is 0 Å². The Morgan fingerprint density at radius 2 is 2.08 bits per heavy atom. The Labute approximate surface area is 146 Å². The van der Waals surface area contributed by atoms with Crippen LogP contribution in [0.5, 0.6) is 0 Å². The van der Waals surface area contributed by atoms with Crippen molar-refractivity contribution in [3.05, 3.63) is 27.9 Å². The first-order chi connectivity index (χ1) is 12.0. The summed E-state index contributed by atoms with van der Waals surface area (Å²) in [5.41, 5.74) is -0.293. The highest BCUT2D eigenvalue weighted by molar-refractivity contribution is 5.93. The van der Waals surface area contributed by atoms with E-state index < -0.39 is 0 Å². The van der Waals surface area contributed by atoms with E-state index in [4.69, 9.17) is 0 Å². The van der Waals surface area contributed by atoms with Gasteiger partial charge in [0.05, 0.1) is 0 Å². The number of carbonyl (C=O) groups excluding carboxylic acids is 2. The maximum atomic E-state index is 12.8. The van der Waals surface area contributed by atoms with Crippen LogP contribution in [-0.4, -0.2) is 57.3 Å². The predicted molar refractivity (Wildman–Crippen MR) is 91.1 cm³/mol. The molecule has 2 amide bonds.